The van der Waals surface area contributed by atoms with E-state index in [2.05, 4.69) is 10.3 Å². The van der Waals surface area contributed by atoms with Gasteiger partial charge >= 0.3 is 5.97 Å². The van der Waals surface area contributed by atoms with E-state index in [1.807, 2.05) is 51.1 Å². The maximum absolute atomic E-state index is 12.3. The third-order valence-corrected chi connectivity index (χ3v) is 5.69. The number of carbonyl (C=O) groups is 3. The molecule has 0 unspecified atom stereocenters. The molecular formula is C24H26N2O5S. The first-order chi connectivity index (χ1) is 15.2. The van der Waals surface area contributed by atoms with Crippen molar-refractivity contribution in [3.8, 4) is 11.3 Å². The quantitative estimate of drug-likeness (QED) is 0.379. The summed E-state index contributed by atoms with van der Waals surface area (Å²) < 4.78 is 10.8. The number of benzene rings is 1. The summed E-state index contributed by atoms with van der Waals surface area (Å²) in [4.78, 5) is 41.8. The van der Waals surface area contributed by atoms with Gasteiger partial charge in [-0.1, -0.05) is 51.1 Å². The third kappa shape index (κ3) is 6.62. The topological polar surface area (TPSA) is 98.5 Å². The van der Waals surface area contributed by atoms with Crippen LogP contribution in [0.2, 0.25) is 0 Å². The highest BCUT2D eigenvalue weighted by molar-refractivity contribution is 7.14. The lowest BCUT2D eigenvalue weighted by atomic mass is 9.96. The number of aryl methyl sites for hydroxylation is 1. The van der Waals surface area contributed by atoms with E-state index >= 15 is 0 Å². The van der Waals surface area contributed by atoms with Gasteiger partial charge in [0, 0.05) is 22.3 Å². The van der Waals surface area contributed by atoms with E-state index in [9.17, 15) is 14.4 Å². The van der Waals surface area contributed by atoms with Gasteiger partial charge in [0.25, 0.3) is 0 Å². The molecule has 0 saturated heterocycles. The molecule has 1 amide bonds. The first-order valence-corrected chi connectivity index (χ1v) is 11.1. The van der Waals surface area contributed by atoms with Gasteiger partial charge in [-0.05, 0) is 12.1 Å². The number of thiophene rings is 1. The number of amides is 1. The van der Waals surface area contributed by atoms with E-state index in [-0.39, 0.29) is 31.1 Å². The van der Waals surface area contributed by atoms with Gasteiger partial charge in [0.1, 0.15) is 0 Å². The van der Waals surface area contributed by atoms with Crippen molar-refractivity contribution in [3.05, 3.63) is 64.3 Å². The predicted octanol–water partition coefficient (Wildman–Crippen LogP) is 4.42. The number of hydrogen-bond donors (Lipinski definition) is 1. The molecule has 0 radical (unpaired) electrons. The van der Waals surface area contributed by atoms with Crippen molar-refractivity contribution in [1.29, 1.82) is 0 Å². The van der Waals surface area contributed by atoms with Gasteiger partial charge in [0.2, 0.25) is 11.7 Å². The molecule has 32 heavy (non-hydrogen) atoms. The Hall–Kier alpha value is -3.26. The first-order valence-electron chi connectivity index (χ1n) is 10.3. The molecule has 2 aromatic heterocycles. The van der Waals surface area contributed by atoms with Crippen molar-refractivity contribution in [2.75, 3.05) is 6.61 Å². The molecule has 0 fully saturated rings. The zero-order chi connectivity index (χ0) is 23.1. The Bertz CT molecular complexity index is 1080. The van der Waals surface area contributed by atoms with Gasteiger partial charge in [-0.3, -0.25) is 14.4 Å². The number of esters is 1. The molecule has 1 N–H and O–H groups in total. The monoisotopic (exact) mass is 454 g/mol. The lowest BCUT2D eigenvalue weighted by molar-refractivity contribution is -0.142. The van der Waals surface area contributed by atoms with Crippen LogP contribution >= 0.6 is 11.3 Å². The predicted molar refractivity (Wildman–Crippen MR) is 121 cm³/mol. The van der Waals surface area contributed by atoms with Crippen LogP contribution < -0.4 is 5.32 Å². The van der Waals surface area contributed by atoms with E-state index in [1.165, 1.54) is 11.3 Å². The van der Waals surface area contributed by atoms with Gasteiger partial charge in [-0.15, -0.1) is 11.3 Å². The molecule has 0 saturated carbocycles. The third-order valence-electron chi connectivity index (χ3n) is 4.56. The summed E-state index contributed by atoms with van der Waals surface area (Å²) in [5, 5.41) is 2.85. The number of ketones is 1. The van der Waals surface area contributed by atoms with E-state index in [4.69, 9.17) is 9.15 Å². The zero-order valence-corrected chi connectivity index (χ0v) is 19.2. The van der Waals surface area contributed by atoms with Gasteiger partial charge in [-0.2, -0.15) is 0 Å². The Morgan fingerprint density at radius 2 is 1.84 bits per heavy atom. The number of aromatic nitrogens is 1. The van der Waals surface area contributed by atoms with E-state index in [0.29, 0.717) is 23.1 Å². The molecule has 1 aromatic carbocycles. The number of Topliss-reactive ketones (excluding diaryl/α,β-unsaturated/α-hetero) is 1. The van der Waals surface area contributed by atoms with E-state index in [0.717, 1.165) is 10.4 Å². The standard InChI is InChI=1S/C24H26N2O5S/c1-24(2,3)23(29)26-13-17-9-10-20(32-17)18(27)15-30-22(28)12-11-21-25-14-19(31-21)16-7-5-4-6-8-16/h4-10,14H,11-13,15H2,1-3H3,(H,26,29). The number of oxazole rings is 1. The summed E-state index contributed by atoms with van der Waals surface area (Å²) in [6.45, 7) is 5.54. The average molecular weight is 455 g/mol. The van der Waals surface area contributed by atoms with Crippen LogP contribution in [0.5, 0.6) is 0 Å². The number of ether oxygens (including phenoxy) is 1. The second kappa shape index (κ2) is 10.4. The SMILES string of the molecule is CC(C)(C)C(=O)NCc1ccc(C(=O)COC(=O)CCc2ncc(-c3ccccc3)o2)s1. The summed E-state index contributed by atoms with van der Waals surface area (Å²) in [5.74, 6) is 0.240. The summed E-state index contributed by atoms with van der Waals surface area (Å²) in [6.07, 6.45) is 1.98. The number of nitrogens with zero attached hydrogens (tertiary/aromatic N) is 1. The molecule has 3 rings (SSSR count). The Labute approximate surface area is 190 Å². The van der Waals surface area contributed by atoms with Crippen LogP contribution in [0, 0.1) is 5.41 Å². The minimum Gasteiger partial charge on any atom is -0.457 e. The van der Waals surface area contributed by atoms with Crippen LogP contribution in [-0.4, -0.2) is 29.3 Å². The fourth-order valence-corrected chi connectivity index (χ4v) is 3.59. The number of rotatable bonds is 9. The van der Waals surface area contributed by atoms with Crippen LogP contribution in [0.3, 0.4) is 0 Å². The largest absolute Gasteiger partial charge is 0.457 e. The molecule has 168 valence electrons. The fraction of sp³-hybridized carbons (Fsp3) is 0.333. The highest BCUT2D eigenvalue weighted by atomic mass is 32.1. The minimum absolute atomic E-state index is 0.0605. The number of hydrogen-bond acceptors (Lipinski definition) is 7. The van der Waals surface area contributed by atoms with Crippen LogP contribution in [0.4, 0.5) is 0 Å². The van der Waals surface area contributed by atoms with Crippen molar-refractivity contribution in [2.45, 2.75) is 40.2 Å². The Kier molecular flexibility index (Phi) is 7.58. The highest BCUT2D eigenvalue weighted by Crippen LogP contribution is 2.21. The maximum Gasteiger partial charge on any atom is 0.306 e. The summed E-state index contributed by atoms with van der Waals surface area (Å²) in [7, 11) is 0. The van der Waals surface area contributed by atoms with Crippen LogP contribution in [0.1, 0.15) is 47.6 Å². The molecule has 0 atom stereocenters. The lowest BCUT2D eigenvalue weighted by Gasteiger charge is -2.17. The van der Waals surface area contributed by atoms with E-state index < -0.39 is 11.4 Å². The molecule has 7 nitrogen and oxygen atoms in total. The van der Waals surface area contributed by atoms with Crippen molar-refractivity contribution in [1.82, 2.24) is 10.3 Å². The molecule has 3 aromatic rings. The summed E-state index contributed by atoms with van der Waals surface area (Å²) in [6, 6.07) is 13.0. The smallest absolute Gasteiger partial charge is 0.306 e. The molecule has 8 heteroatoms. The van der Waals surface area contributed by atoms with Crippen molar-refractivity contribution in [2.24, 2.45) is 5.41 Å². The van der Waals surface area contributed by atoms with Crippen molar-refractivity contribution < 1.29 is 23.5 Å². The minimum atomic E-state index is -0.493. The fourth-order valence-electron chi connectivity index (χ4n) is 2.72. The highest BCUT2D eigenvalue weighted by Gasteiger charge is 2.21. The molecule has 0 aliphatic rings. The molecule has 0 aliphatic carbocycles. The van der Waals surface area contributed by atoms with Gasteiger partial charge in [0.15, 0.2) is 18.3 Å². The zero-order valence-electron chi connectivity index (χ0n) is 18.3. The molecule has 2 heterocycles. The lowest BCUT2D eigenvalue weighted by Crippen LogP contribution is -2.34. The molecule has 0 aliphatic heterocycles. The second-order valence-corrected chi connectivity index (χ2v) is 9.44. The molecule has 0 bridgehead atoms. The number of nitrogens with one attached hydrogen (secondary N) is 1. The Balaban J connectivity index is 1.41. The van der Waals surface area contributed by atoms with Gasteiger partial charge < -0.3 is 14.5 Å². The summed E-state index contributed by atoms with van der Waals surface area (Å²) in [5.41, 5.74) is 0.436. The normalized spacial score (nSPS) is 11.2. The van der Waals surface area contributed by atoms with Crippen LogP contribution in [0.25, 0.3) is 11.3 Å². The molecule has 0 spiro atoms. The first kappa shape index (κ1) is 23.4. The van der Waals surface area contributed by atoms with E-state index in [1.54, 1.807) is 18.3 Å². The summed E-state index contributed by atoms with van der Waals surface area (Å²) >= 11 is 1.28. The van der Waals surface area contributed by atoms with Crippen molar-refractivity contribution in [3.63, 3.8) is 0 Å². The molecular weight excluding hydrogens is 428 g/mol. The van der Waals surface area contributed by atoms with Crippen LogP contribution in [0.15, 0.2) is 53.1 Å². The number of carbonyl (C=O) groups excluding carboxylic acids is 3. The average Bonchev–Trinajstić information content (AvgIpc) is 3.44. The van der Waals surface area contributed by atoms with Gasteiger partial charge in [0.05, 0.1) is 24.0 Å². The van der Waals surface area contributed by atoms with Gasteiger partial charge in [-0.25, -0.2) is 4.98 Å². The Morgan fingerprint density at radius 3 is 2.56 bits per heavy atom. The Morgan fingerprint density at radius 1 is 1.09 bits per heavy atom. The maximum atomic E-state index is 12.3. The van der Waals surface area contributed by atoms with Crippen LogP contribution in [-0.2, 0) is 27.3 Å². The second-order valence-electron chi connectivity index (χ2n) is 8.27. The van der Waals surface area contributed by atoms with Crippen molar-refractivity contribution >= 4 is 29.0 Å².